The highest BCUT2D eigenvalue weighted by atomic mass is 16.3. The van der Waals surface area contributed by atoms with E-state index in [0.717, 1.165) is 44.1 Å². The standard InChI is InChI=1S/C28H37N3O2/c29-27(30-19-9-12-22-10-3-1-4-11-22)31-20-17-23(18-21-31)26(32)28(33,25-15-7-8-16-25)24-13-5-2-6-14-24/h1-6,10-11,13-14,23,25,33H,7-9,12,15-21H2,(H2,29,30)/t28-/m0/s1. The van der Waals surface area contributed by atoms with Gasteiger partial charge < -0.3 is 15.7 Å². The first-order chi connectivity index (χ1) is 16.1. The zero-order valence-corrected chi connectivity index (χ0v) is 19.5. The molecule has 0 aromatic heterocycles. The lowest BCUT2D eigenvalue weighted by atomic mass is 9.71. The zero-order chi connectivity index (χ0) is 23.1. The molecule has 1 heterocycles. The Bertz CT molecular complexity index is 917. The van der Waals surface area contributed by atoms with Crippen LogP contribution in [0.1, 0.15) is 56.1 Å². The maximum atomic E-state index is 13.7. The minimum absolute atomic E-state index is 0.00128. The van der Waals surface area contributed by atoms with E-state index in [2.05, 4.69) is 34.2 Å². The van der Waals surface area contributed by atoms with Crippen molar-refractivity contribution in [3.05, 3.63) is 71.8 Å². The molecule has 0 radical (unpaired) electrons. The number of benzene rings is 2. The van der Waals surface area contributed by atoms with Crippen molar-refractivity contribution in [2.75, 3.05) is 19.6 Å². The van der Waals surface area contributed by atoms with Gasteiger partial charge in [-0.25, -0.2) is 0 Å². The molecule has 2 aromatic carbocycles. The van der Waals surface area contributed by atoms with Crippen LogP contribution < -0.4 is 5.73 Å². The Morgan fingerprint density at radius 1 is 0.970 bits per heavy atom. The van der Waals surface area contributed by atoms with Gasteiger partial charge in [0.2, 0.25) is 0 Å². The fraction of sp³-hybridized carbons (Fsp3) is 0.500. The van der Waals surface area contributed by atoms with Gasteiger partial charge in [-0.3, -0.25) is 9.79 Å². The van der Waals surface area contributed by atoms with Gasteiger partial charge in [0.25, 0.3) is 0 Å². The van der Waals surface area contributed by atoms with Gasteiger partial charge in [0.15, 0.2) is 17.3 Å². The molecule has 2 fully saturated rings. The maximum Gasteiger partial charge on any atom is 0.191 e. The lowest BCUT2D eigenvalue weighted by Crippen LogP contribution is -2.50. The number of nitrogens with two attached hydrogens (primary N) is 1. The number of carbonyl (C=O) groups excluding carboxylic acids is 1. The summed E-state index contributed by atoms with van der Waals surface area (Å²) in [6, 6.07) is 20.0. The van der Waals surface area contributed by atoms with Crippen LogP contribution in [0.25, 0.3) is 0 Å². The minimum atomic E-state index is -1.37. The van der Waals surface area contributed by atoms with Crippen LogP contribution in [0.4, 0.5) is 0 Å². The molecule has 5 nitrogen and oxygen atoms in total. The van der Waals surface area contributed by atoms with Crippen molar-refractivity contribution < 1.29 is 9.90 Å². The van der Waals surface area contributed by atoms with Crippen molar-refractivity contribution >= 4 is 11.7 Å². The van der Waals surface area contributed by atoms with Gasteiger partial charge in [-0.15, -0.1) is 0 Å². The number of ketones is 1. The van der Waals surface area contributed by atoms with E-state index in [9.17, 15) is 9.90 Å². The number of aliphatic imine (C=N–C) groups is 1. The maximum absolute atomic E-state index is 13.7. The molecule has 0 amide bonds. The number of aliphatic hydroxyl groups is 1. The lowest BCUT2D eigenvalue weighted by Gasteiger charge is -2.39. The summed E-state index contributed by atoms with van der Waals surface area (Å²) >= 11 is 0. The molecule has 1 atom stereocenters. The molecule has 2 aromatic rings. The molecule has 0 spiro atoms. The average molecular weight is 448 g/mol. The number of likely N-dealkylation sites (tertiary alicyclic amines) is 1. The van der Waals surface area contributed by atoms with Crippen molar-refractivity contribution in [1.82, 2.24) is 4.90 Å². The SMILES string of the molecule is NC(=NCCCc1ccccc1)N1CCC(C(=O)[C@](O)(c2ccccc2)C2CCCC2)CC1. The molecule has 0 bridgehead atoms. The van der Waals surface area contributed by atoms with E-state index in [4.69, 9.17) is 5.73 Å². The molecule has 3 N–H and O–H groups in total. The van der Waals surface area contributed by atoms with Crippen LogP contribution in [0, 0.1) is 11.8 Å². The predicted octanol–water partition coefficient (Wildman–Crippen LogP) is 4.29. The number of hydrogen-bond donors (Lipinski definition) is 2. The van der Waals surface area contributed by atoms with Gasteiger partial charge in [0.05, 0.1) is 0 Å². The van der Waals surface area contributed by atoms with Crippen molar-refractivity contribution in [2.24, 2.45) is 22.6 Å². The molecule has 1 aliphatic carbocycles. The Balaban J connectivity index is 1.33. The molecule has 1 aliphatic heterocycles. The Morgan fingerprint density at radius 3 is 2.21 bits per heavy atom. The number of guanidine groups is 1. The summed E-state index contributed by atoms with van der Waals surface area (Å²) in [6.45, 7) is 2.12. The Kier molecular flexibility index (Phi) is 7.81. The second kappa shape index (κ2) is 11.0. The van der Waals surface area contributed by atoms with E-state index in [1.807, 2.05) is 36.4 Å². The molecule has 0 unspecified atom stereocenters. The summed E-state index contributed by atoms with van der Waals surface area (Å²) in [5.41, 5.74) is 6.97. The van der Waals surface area contributed by atoms with Crippen LogP contribution in [0.5, 0.6) is 0 Å². The Hall–Kier alpha value is -2.66. The summed E-state index contributed by atoms with van der Waals surface area (Å²) in [6.07, 6.45) is 7.38. The number of rotatable bonds is 8. The number of carbonyl (C=O) groups is 1. The lowest BCUT2D eigenvalue weighted by molar-refractivity contribution is -0.150. The molecule has 33 heavy (non-hydrogen) atoms. The topological polar surface area (TPSA) is 78.9 Å². The first kappa shape index (κ1) is 23.5. The second-order valence-corrected chi connectivity index (χ2v) is 9.57. The Labute approximate surface area is 197 Å². The number of nitrogens with zero attached hydrogens (tertiary/aromatic N) is 2. The first-order valence-corrected chi connectivity index (χ1v) is 12.5. The van der Waals surface area contributed by atoms with Gasteiger partial charge in [0, 0.05) is 25.6 Å². The number of hydrogen-bond acceptors (Lipinski definition) is 3. The van der Waals surface area contributed by atoms with Crippen LogP contribution >= 0.6 is 0 Å². The average Bonchev–Trinajstić information content (AvgIpc) is 3.42. The molecular weight excluding hydrogens is 410 g/mol. The van der Waals surface area contributed by atoms with Gasteiger partial charge >= 0.3 is 0 Å². The van der Waals surface area contributed by atoms with Crippen molar-refractivity contribution in [2.45, 2.75) is 57.0 Å². The van der Waals surface area contributed by atoms with Crippen LogP contribution in [0.2, 0.25) is 0 Å². The van der Waals surface area contributed by atoms with Gasteiger partial charge in [-0.1, -0.05) is 73.5 Å². The van der Waals surface area contributed by atoms with Crippen LogP contribution in [0.15, 0.2) is 65.7 Å². The van der Waals surface area contributed by atoms with E-state index in [0.29, 0.717) is 38.4 Å². The summed E-state index contributed by atoms with van der Waals surface area (Å²) in [5.74, 6) is 0.446. The molecule has 176 valence electrons. The summed E-state index contributed by atoms with van der Waals surface area (Å²) < 4.78 is 0. The number of Topliss-reactive ketones (excluding diaryl/α,β-unsaturated/α-hetero) is 1. The molecular formula is C28H37N3O2. The molecule has 2 aliphatic rings. The first-order valence-electron chi connectivity index (χ1n) is 12.5. The molecule has 5 heteroatoms. The summed E-state index contributed by atoms with van der Waals surface area (Å²) in [5, 5.41) is 11.8. The van der Waals surface area contributed by atoms with Crippen molar-refractivity contribution in [3.8, 4) is 0 Å². The van der Waals surface area contributed by atoms with Crippen LogP contribution in [-0.4, -0.2) is 41.4 Å². The normalized spacial score (nSPS) is 20.0. The third-order valence-corrected chi connectivity index (χ3v) is 7.47. The highest BCUT2D eigenvalue weighted by Crippen LogP contribution is 2.43. The van der Waals surface area contributed by atoms with Crippen LogP contribution in [-0.2, 0) is 16.8 Å². The monoisotopic (exact) mass is 447 g/mol. The number of piperidine rings is 1. The van der Waals surface area contributed by atoms with Gasteiger partial charge in [-0.2, -0.15) is 0 Å². The van der Waals surface area contributed by atoms with Gasteiger partial charge in [-0.05, 0) is 55.6 Å². The van der Waals surface area contributed by atoms with E-state index in [1.54, 1.807) is 0 Å². The third kappa shape index (κ3) is 5.47. The van der Waals surface area contributed by atoms with Crippen molar-refractivity contribution in [3.63, 3.8) is 0 Å². The zero-order valence-electron chi connectivity index (χ0n) is 19.5. The molecule has 1 saturated heterocycles. The number of aryl methyl sites for hydroxylation is 1. The highest BCUT2D eigenvalue weighted by molar-refractivity contribution is 5.91. The Morgan fingerprint density at radius 2 is 1.58 bits per heavy atom. The predicted molar refractivity (Wildman–Crippen MR) is 133 cm³/mol. The molecule has 1 saturated carbocycles. The van der Waals surface area contributed by atoms with Gasteiger partial charge in [0.1, 0.15) is 0 Å². The van der Waals surface area contributed by atoms with E-state index >= 15 is 0 Å². The smallest absolute Gasteiger partial charge is 0.191 e. The fourth-order valence-corrected chi connectivity index (χ4v) is 5.52. The van der Waals surface area contributed by atoms with Crippen molar-refractivity contribution in [1.29, 1.82) is 0 Å². The van der Waals surface area contributed by atoms with E-state index < -0.39 is 5.60 Å². The van der Waals surface area contributed by atoms with E-state index in [1.165, 1.54) is 5.56 Å². The molecule has 4 rings (SSSR count). The summed E-state index contributed by atoms with van der Waals surface area (Å²) in [7, 11) is 0. The third-order valence-electron chi connectivity index (χ3n) is 7.47. The van der Waals surface area contributed by atoms with Crippen LogP contribution in [0.3, 0.4) is 0 Å². The quantitative estimate of drug-likeness (QED) is 0.359. The fourth-order valence-electron chi connectivity index (χ4n) is 5.52. The largest absolute Gasteiger partial charge is 0.377 e. The van der Waals surface area contributed by atoms with E-state index in [-0.39, 0.29) is 17.6 Å². The summed E-state index contributed by atoms with van der Waals surface area (Å²) in [4.78, 5) is 20.4. The second-order valence-electron chi connectivity index (χ2n) is 9.57. The highest BCUT2D eigenvalue weighted by Gasteiger charge is 2.48. The minimum Gasteiger partial charge on any atom is -0.377 e.